The van der Waals surface area contributed by atoms with Crippen molar-refractivity contribution in [2.75, 3.05) is 5.94 Å². The number of thioether (sulfide) groups is 1. The Balaban J connectivity index is 1.29. The van der Waals surface area contributed by atoms with Crippen molar-refractivity contribution >= 4 is 23.6 Å². The first-order valence-corrected chi connectivity index (χ1v) is 17.7. The molecule has 0 bridgehead atoms. The fourth-order valence-corrected chi connectivity index (χ4v) is 7.61. The lowest BCUT2D eigenvalue weighted by Crippen LogP contribution is -2.55. The highest BCUT2D eigenvalue weighted by atomic mass is 32.2. The smallest absolute Gasteiger partial charge is 0.274 e. The summed E-state index contributed by atoms with van der Waals surface area (Å²) in [5, 5.41) is 40.1. The van der Waals surface area contributed by atoms with Crippen LogP contribution in [0, 0.1) is 17.8 Å². The Morgan fingerprint density at radius 2 is 1.68 bits per heavy atom. The molecule has 2 aliphatic carbocycles. The van der Waals surface area contributed by atoms with E-state index in [2.05, 4.69) is 15.6 Å². The highest BCUT2D eigenvalue weighted by Gasteiger charge is 2.41. The predicted octanol–water partition coefficient (Wildman–Crippen LogP) is 5.05. The molecular formula is C37H47N3O6S. The molecule has 5 rings (SSSR count). The number of rotatable bonds is 14. The van der Waals surface area contributed by atoms with E-state index in [9.17, 15) is 24.9 Å². The van der Waals surface area contributed by atoms with Crippen LogP contribution in [0.25, 0.3) is 0 Å². The number of pyridine rings is 1. The molecule has 1 aromatic heterocycles. The molecule has 47 heavy (non-hydrogen) atoms. The molecule has 10 heteroatoms. The Morgan fingerprint density at radius 1 is 0.957 bits per heavy atom. The van der Waals surface area contributed by atoms with Crippen LogP contribution in [0.5, 0.6) is 5.75 Å². The van der Waals surface area contributed by atoms with Gasteiger partial charge in [0.05, 0.1) is 30.2 Å². The van der Waals surface area contributed by atoms with Crippen molar-refractivity contribution in [3.05, 3.63) is 89.7 Å². The van der Waals surface area contributed by atoms with Crippen molar-refractivity contribution in [2.45, 2.75) is 94.1 Å². The van der Waals surface area contributed by atoms with Crippen LogP contribution in [0.3, 0.4) is 0 Å². The molecule has 0 saturated heterocycles. The minimum atomic E-state index is -1.47. The SMILES string of the molecule is CC(C)[C@@H](C(=O)N[C@H]1Cc2ccccc2[C@H]1O)[C@@H](O)[C@H](O)[C@H](CC1CCCCC1)NC(=O)c1ncccc1OCSc1ccccc1. The summed E-state index contributed by atoms with van der Waals surface area (Å²) in [6.45, 7) is 3.64. The summed E-state index contributed by atoms with van der Waals surface area (Å²) in [7, 11) is 0. The second kappa shape index (κ2) is 16.6. The number of fused-ring (bicyclic) bond motifs is 1. The van der Waals surface area contributed by atoms with Gasteiger partial charge in [-0.05, 0) is 60.1 Å². The van der Waals surface area contributed by atoms with Gasteiger partial charge in [-0.25, -0.2) is 4.98 Å². The summed E-state index contributed by atoms with van der Waals surface area (Å²) in [4.78, 5) is 32.7. The lowest BCUT2D eigenvalue weighted by atomic mass is 9.79. The maximum absolute atomic E-state index is 13.7. The van der Waals surface area contributed by atoms with Crippen molar-refractivity contribution in [1.29, 1.82) is 0 Å². The van der Waals surface area contributed by atoms with Gasteiger partial charge in [0.25, 0.3) is 5.91 Å². The van der Waals surface area contributed by atoms with Crippen molar-refractivity contribution in [1.82, 2.24) is 15.6 Å². The molecule has 9 nitrogen and oxygen atoms in total. The van der Waals surface area contributed by atoms with Crippen LogP contribution in [0.1, 0.15) is 80.1 Å². The summed E-state index contributed by atoms with van der Waals surface area (Å²) in [5.74, 6) is -1.42. The van der Waals surface area contributed by atoms with Crippen LogP contribution in [0.2, 0.25) is 0 Å². The Morgan fingerprint density at radius 3 is 2.40 bits per heavy atom. The van der Waals surface area contributed by atoms with Crippen LogP contribution in [-0.2, 0) is 11.2 Å². The van der Waals surface area contributed by atoms with E-state index < -0.39 is 48.1 Å². The molecule has 1 fully saturated rings. The number of nitrogens with one attached hydrogen (secondary N) is 2. The number of nitrogens with zero attached hydrogens (tertiary/aromatic N) is 1. The van der Waals surface area contributed by atoms with Crippen molar-refractivity contribution in [3.8, 4) is 5.75 Å². The molecule has 1 heterocycles. The zero-order chi connectivity index (χ0) is 33.3. The Labute approximate surface area is 281 Å². The third-order valence-corrected chi connectivity index (χ3v) is 10.3. The van der Waals surface area contributed by atoms with Crippen molar-refractivity contribution in [2.24, 2.45) is 17.8 Å². The fraction of sp³-hybridized carbons (Fsp3) is 0.486. The average Bonchev–Trinajstić information content (AvgIpc) is 3.39. The van der Waals surface area contributed by atoms with E-state index >= 15 is 0 Å². The number of aromatic nitrogens is 1. The zero-order valence-corrected chi connectivity index (χ0v) is 27.9. The maximum atomic E-state index is 13.7. The van der Waals surface area contributed by atoms with Gasteiger partial charge in [0.2, 0.25) is 5.91 Å². The van der Waals surface area contributed by atoms with E-state index in [0.717, 1.165) is 48.1 Å². The predicted molar refractivity (Wildman–Crippen MR) is 182 cm³/mol. The number of carbonyl (C=O) groups is 2. The first-order chi connectivity index (χ1) is 22.7. The molecule has 5 N–H and O–H groups in total. The van der Waals surface area contributed by atoms with E-state index in [1.54, 1.807) is 12.1 Å². The third-order valence-electron chi connectivity index (χ3n) is 9.47. The number of carbonyl (C=O) groups excluding carboxylic acids is 2. The molecule has 1 saturated carbocycles. The number of benzene rings is 2. The van der Waals surface area contributed by atoms with Gasteiger partial charge in [-0.2, -0.15) is 0 Å². The molecular weight excluding hydrogens is 614 g/mol. The zero-order valence-electron chi connectivity index (χ0n) is 27.1. The quantitative estimate of drug-likeness (QED) is 0.120. The molecule has 252 valence electrons. The fourth-order valence-electron chi connectivity index (χ4n) is 6.94. The van der Waals surface area contributed by atoms with Gasteiger partial charge in [0.15, 0.2) is 11.4 Å². The van der Waals surface area contributed by atoms with Gasteiger partial charge >= 0.3 is 0 Å². The molecule has 0 radical (unpaired) electrons. The van der Waals surface area contributed by atoms with Crippen LogP contribution < -0.4 is 15.4 Å². The largest absolute Gasteiger partial charge is 0.480 e. The van der Waals surface area contributed by atoms with Crippen LogP contribution in [0.4, 0.5) is 0 Å². The maximum Gasteiger partial charge on any atom is 0.274 e. The lowest BCUT2D eigenvalue weighted by Gasteiger charge is -2.36. The van der Waals surface area contributed by atoms with Gasteiger partial charge < -0.3 is 30.7 Å². The van der Waals surface area contributed by atoms with E-state index in [-0.39, 0.29) is 23.5 Å². The summed E-state index contributed by atoms with van der Waals surface area (Å²) in [6, 6.07) is 19.3. The lowest BCUT2D eigenvalue weighted by molar-refractivity contribution is -0.137. The van der Waals surface area contributed by atoms with E-state index in [4.69, 9.17) is 4.74 Å². The Kier molecular flexibility index (Phi) is 12.3. The number of amides is 2. The summed E-state index contributed by atoms with van der Waals surface area (Å²) in [5.41, 5.74) is 1.84. The van der Waals surface area contributed by atoms with E-state index in [1.165, 1.54) is 18.0 Å². The second-order valence-corrected chi connectivity index (χ2v) is 14.1. The molecule has 3 aromatic rings. The number of aliphatic hydroxyl groups excluding tert-OH is 3. The van der Waals surface area contributed by atoms with Crippen LogP contribution >= 0.6 is 11.8 Å². The second-order valence-electron chi connectivity index (χ2n) is 13.1. The standard InChI is InChI=1S/C37H47N3O6S/c1-23(2)31(36(44)39-29-21-25-14-9-10-17-27(25)33(29)41)35(43)34(42)28(20-24-12-5-3-6-13-24)40-37(45)32-30(18-11-19-38-32)46-22-47-26-15-7-4-8-16-26/h4,7-11,14-19,23-24,28-29,31,33-35,41-43H,3,5-6,12-13,20-22H2,1-2H3,(H,39,44)(H,40,45)/t28-,29-,31+,33+,34+,35+/m0/s1. The van der Waals surface area contributed by atoms with E-state index in [1.807, 2.05) is 68.4 Å². The minimum absolute atomic E-state index is 0.0874. The Bertz CT molecular complexity index is 1470. The van der Waals surface area contributed by atoms with Gasteiger partial charge in [-0.3, -0.25) is 9.59 Å². The number of ether oxygens (including phenoxy) is 1. The van der Waals surface area contributed by atoms with Crippen LogP contribution in [0.15, 0.2) is 77.8 Å². The van der Waals surface area contributed by atoms with Gasteiger partial charge in [-0.1, -0.05) is 100 Å². The van der Waals surface area contributed by atoms with Crippen molar-refractivity contribution in [3.63, 3.8) is 0 Å². The first kappa shape index (κ1) is 34.9. The summed E-state index contributed by atoms with van der Waals surface area (Å²) in [6.07, 6.45) is 3.95. The summed E-state index contributed by atoms with van der Waals surface area (Å²) < 4.78 is 5.95. The number of aliphatic hydroxyl groups is 3. The molecule has 6 atom stereocenters. The molecule has 2 aromatic carbocycles. The molecule has 0 aliphatic heterocycles. The highest BCUT2D eigenvalue weighted by Crippen LogP contribution is 2.33. The van der Waals surface area contributed by atoms with Crippen molar-refractivity contribution < 1.29 is 29.6 Å². The van der Waals surface area contributed by atoms with Gasteiger partial charge in [0.1, 0.15) is 12.0 Å². The minimum Gasteiger partial charge on any atom is -0.480 e. The molecule has 2 amide bonds. The molecule has 0 spiro atoms. The molecule has 2 aliphatic rings. The average molecular weight is 662 g/mol. The number of hydrogen-bond acceptors (Lipinski definition) is 8. The number of hydrogen-bond donors (Lipinski definition) is 5. The first-order valence-electron chi connectivity index (χ1n) is 16.7. The topological polar surface area (TPSA) is 141 Å². The monoisotopic (exact) mass is 661 g/mol. The highest BCUT2D eigenvalue weighted by molar-refractivity contribution is 7.99. The van der Waals surface area contributed by atoms with Gasteiger partial charge in [0, 0.05) is 11.1 Å². The van der Waals surface area contributed by atoms with Crippen LogP contribution in [-0.4, -0.2) is 62.3 Å². The normalized spacial score (nSPS) is 20.6. The van der Waals surface area contributed by atoms with E-state index in [0.29, 0.717) is 18.6 Å². The third kappa shape index (κ3) is 8.93. The van der Waals surface area contributed by atoms with Gasteiger partial charge in [-0.15, -0.1) is 0 Å². The molecule has 0 unspecified atom stereocenters. The Hall–Kier alpha value is -3.44. The summed E-state index contributed by atoms with van der Waals surface area (Å²) >= 11 is 1.49.